The molecule has 1 unspecified atom stereocenters. The zero-order valence-corrected chi connectivity index (χ0v) is 30.1. The molecule has 1 aliphatic carbocycles. The summed E-state index contributed by atoms with van der Waals surface area (Å²) in [5.74, 6) is -2.12. The molecule has 1 fully saturated rings. The molecule has 0 saturated heterocycles. The highest BCUT2D eigenvalue weighted by Gasteiger charge is 2.54. The maximum Gasteiger partial charge on any atom is 0.333 e. The summed E-state index contributed by atoms with van der Waals surface area (Å²) >= 11 is 6.47. The lowest BCUT2D eigenvalue weighted by Gasteiger charge is -2.35. The number of halogens is 6. The molecule has 3 atom stereocenters. The Balaban J connectivity index is 1.40. The van der Waals surface area contributed by atoms with E-state index in [1.54, 1.807) is 24.3 Å². The fourth-order valence-corrected chi connectivity index (χ4v) is 6.99. The van der Waals surface area contributed by atoms with Gasteiger partial charge in [-0.25, -0.2) is 32.5 Å². The number of guanidine groups is 1. The number of carbonyl (C=O) groups is 2. The smallest absolute Gasteiger partial charge is 0.333 e. The highest BCUT2D eigenvalue weighted by atomic mass is 35.5. The summed E-state index contributed by atoms with van der Waals surface area (Å²) in [5, 5.41) is 7.66. The van der Waals surface area contributed by atoms with Gasteiger partial charge in [0.2, 0.25) is 0 Å². The quantitative estimate of drug-likeness (QED) is 0.109. The van der Waals surface area contributed by atoms with E-state index in [-0.39, 0.29) is 35.1 Å². The van der Waals surface area contributed by atoms with E-state index in [1.165, 1.54) is 42.4 Å². The Morgan fingerprint density at radius 3 is 2.32 bits per heavy atom. The number of nitrogens with two attached hydrogens (primary N) is 1. The van der Waals surface area contributed by atoms with Crippen LogP contribution in [0.3, 0.4) is 0 Å². The number of carbonyl (C=O) groups excluding carboxylic acids is 2. The lowest BCUT2D eigenvalue weighted by molar-refractivity contribution is -0.149. The molecule has 11 nitrogen and oxygen atoms in total. The second-order valence-corrected chi connectivity index (χ2v) is 15.1. The van der Waals surface area contributed by atoms with Crippen molar-refractivity contribution in [2.45, 2.75) is 84.1 Å². The molecule has 1 saturated carbocycles. The molecule has 282 valence electrons. The highest BCUT2D eigenvalue weighted by molar-refractivity contribution is 6.32. The lowest BCUT2D eigenvalue weighted by atomic mass is 9.75. The Labute approximate surface area is 307 Å². The van der Waals surface area contributed by atoms with E-state index in [4.69, 9.17) is 27.1 Å². The number of hydrogen-bond donors (Lipinski definition) is 1. The summed E-state index contributed by atoms with van der Waals surface area (Å²) in [4.78, 5) is 37.7. The molecule has 0 bridgehead atoms. The minimum atomic E-state index is -2.99. The van der Waals surface area contributed by atoms with E-state index in [2.05, 4.69) is 15.2 Å². The van der Waals surface area contributed by atoms with Crippen LogP contribution in [0.15, 0.2) is 66.2 Å². The van der Waals surface area contributed by atoms with Crippen molar-refractivity contribution < 1.29 is 36.3 Å². The van der Waals surface area contributed by atoms with E-state index in [0.717, 1.165) is 11.0 Å². The molecule has 17 heteroatoms. The number of aromatic nitrogens is 5. The molecule has 2 aliphatic rings. The third-order valence-corrected chi connectivity index (χ3v) is 10.0. The van der Waals surface area contributed by atoms with Gasteiger partial charge in [0.25, 0.3) is 12.3 Å². The maximum atomic E-state index is 15.0. The molecule has 6 rings (SSSR count). The van der Waals surface area contributed by atoms with Crippen LogP contribution in [0.1, 0.15) is 89.3 Å². The van der Waals surface area contributed by atoms with Crippen LogP contribution in [-0.4, -0.2) is 60.1 Å². The molecule has 4 aromatic rings. The highest BCUT2D eigenvalue weighted by Crippen LogP contribution is 2.53. The molecule has 2 aromatic heterocycles. The van der Waals surface area contributed by atoms with Crippen LogP contribution in [0.5, 0.6) is 0 Å². The number of ether oxygens (including phenoxy) is 1. The molecular weight excluding hydrogens is 723 g/mol. The van der Waals surface area contributed by atoms with Gasteiger partial charge in [0, 0.05) is 17.2 Å². The molecule has 53 heavy (non-hydrogen) atoms. The van der Waals surface area contributed by atoms with Gasteiger partial charge in [-0.15, -0.1) is 0 Å². The van der Waals surface area contributed by atoms with Crippen molar-refractivity contribution in [3.05, 3.63) is 83.2 Å². The van der Waals surface area contributed by atoms with Crippen LogP contribution in [0, 0.1) is 10.8 Å². The van der Waals surface area contributed by atoms with Gasteiger partial charge < -0.3 is 10.5 Å². The summed E-state index contributed by atoms with van der Waals surface area (Å²) in [7, 11) is 0. The van der Waals surface area contributed by atoms with Crippen molar-refractivity contribution in [3.63, 3.8) is 0 Å². The summed E-state index contributed by atoms with van der Waals surface area (Å²) in [6, 6.07) is 9.89. The van der Waals surface area contributed by atoms with Crippen LogP contribution >= 0.6 is 11.6 Å². The van der Waals surface area contributed by atoms with E-state index < -0.39 is 65.9 Å². The largest absolute Gasteiger partial charge is 0.463 e. The van der Waals surface area contributed by atoms with Crippen molar-refractivity contribution in [1.29, 1.82) is 0 Å². The Bertz CT molecular complexity index is 2020. The first-order valence-electron chi connectivity index (χ1n) is 16.8. The molecule has 0 spiro atoms. The molecule has 2 aromatic carbocycles. The number of hydrogen-bond acceptors (Lipinski definition) is 8. The maximum absolute atomic E-state index is 15.0. The normalized spacial score (nSPS) is 19.5. The number of amides is 1. The second-order valence-electron chi connectivity index (χ2n) is 14.7. The van der Waals surface area contributed by atoms with Gasteiger partial charge in [-0.2, -0.15) is 19.0 Å². The monoisotopic (exact) mass is 760 g/mol. The van der Waals surface area contributed by atoms with E-state index in [1.807, 2.05) is 20.8 Å². The van der Waals surface area contributed by atoms with Crippen molar-refractivity contribution in [3.8, 4) is 16.8 Å². The van der Waals surface area contributed by atoms with Gasteiger partial charge in [-0.1, -0.05) is 62.7 Å². The van der Waals surface area contributed by atoms with Gasteiger partial charge in [-0.05, 0) is 60.4 Å². The molecule has 2 N–H and O–H groups in total. The number of aliphatic imine (C=N–C) groups is 1. The Morgan fingerprint density at radius 2 is 1.74 bits per heavy atom. The predicted molar refractivity (Wildman–Crippen MR) is 185 cm³/mol. The summed E-state index contributed by atoms with van der Waals surface area (Å²) in [6.45, 7) is 3.90. The number of alkyl halides is 5. The van der Waals surface area contributed by atoms with Gasteiger partial charge >= 0.3 is 12.5 Å². The van der Waals surface area contributed by atoms with Crippen molar-refractivity contribution >= 4 is 29.4 Å². The van der Waals surface area contributed by atoms with Crippen LogP contribution in [0.25, 0.3) is 16.8 Å². The minimum Gasteiger partial charge on any atom is -0.463 e. The predicted octanol–water partition coefficient (Wildman–Crippen LogP) is 7.72. The summed E-state index contributed by atoms with van der Waals surface area (Å²) < 4.78 is 75.6. The van der Waals surface area contributed by atoms with Gasteiger partial charge in [-0.3, -0.25) is 14.5 Å². The van der Waals surface area contributed by atoms with Gasteiger partial charge in [0.05, 0.1) is 29.4 Å². The first kappa shape index (κ1) is 37.9. The first-order chi connectivity index (χ1) is 24.9. The first-order valence-corrected chi connectivity index (χ1v) is 17.2. The average molecular weight is 761 g/mol. The Hall–Kier alpha value is -4.86. The van der Waals surface area contributed by atoms with Gasteiger partial charge in [0.15, 0.2) is 17.3 Å². The fraction of sp³-hybridized carbons (Fsp3) is 0.444. The number of nitrogens with zero attached hydrogens (tertiary/aromatic N) is 7. The molecule has 1 aliphatic heterocycles. The van der Waals surface area contributed by atoms with Crippen LogP contribution in [0.2, 0.25) is 5.02 Å². The second kappa shape index (κ2) is 14.2. The van der Waals surface area contributed by atoms with Crippen LogP contribution < -0.4 is 5.73 Å². The van der Waals surface area contributed by atoms with Crippen LogP contribution in [-0.2, 0) is 19.9 Å². The Morgan fingerprint density at radius 1 is 1.04 bits per heavy atom. The van der Waals surface area contributed by atoms with Crippen molar-refractivity contribution in [2.24, 2.45) is 21.6 Å². The average Bonchev–Trinajstić information content (AvgIpc) is 3.40. The fourth-order valence-electron chi connectivity index (χ4n) is 6.80. The molecule has 1 amide bonds. The van der Waals surface area contributed by atoms with E-state index in [0.29, 0.717) is 34.2 Å². The minimum absolute atomic E-state index is 0.0188. The standard InChI is InChI=1S/C36H38ClF5N8O3/c1-20(38)35(11-12-35)14-28(51)53-17-27(22-7-10-25(37)26(13-22)50-30(29(39)40)44-19-46-50)49-31(52)36(47-33(49)43,18-34(2,3)4)24-8-5-21(6-9-24)23-15-45-48(16-23)32(41)42/h5-10,13,15-16,19-20,27,29,32H,11-12,14,17-18H2,1-4H3,(H2,43,47)/t20?,27-,36-/m1/s1. The summed E-state index contributed by atoms with van der Waals surface area (Å²) in [6.07, 6.45) is 0.298. The van der Waals surface area contributed by atoms with Crippen molar-refractivity contribution in [1.82, 2.24) is 29.4 Å². The Kier molecular flexibility index (Phi) is 10.1. The van der Waals surface area contributed by atoms with Gasteiger partial charge in [0.1, 0.15) is 19.1 Å². The third kappa shape index (κ3) is 7.50. The molecule has 0 radical (unpaired) electrons. The third-order valence-electron chi connectivity index (χ3n) is 9.71. The molecular formula is C36H38ClF5N8O3. The topological polar surface area (TPSA) is 134 Å². The lowest BCUT2D eigenvalue weighted by Crippen LogP contribution is -2.47. The SMILES string of the molecule is CC(F)C1(CC(=O)OC[C@H](c2ccc(Cl)c(-n3ncnc3C(F)F)c2)N2C(=O)[C@@](CC(C)(C)C)(c3ccc(-c4cnn(C(F)F)c4)cc3)N=C2N)CC1. The number of rotatable bonds is 13. The van der Waals surface area contributed by atoms with E-state index in [9.17, 15) is 31.5 Å². The van der Waals surface area contributed by atoms with E-state index >= 15 is 0 Å². The molecule has 3 heterocycles. The number of esters is 1. The zero-order chi connectivity index (χ0) is 38.5. The summed E-state index contributed by atoms with van der Waals surface area (Å²) in [5.41, 5.74) is 5.48. The zero-order valence-electron chi connectivity index (χ0n) is 29.3. The number of benzene rings is 2. The van der Waals surface area contributed by atoms with Crippen molar-refractivity contribution in [2.75, 3.05) is 6.61 Å². The van der Waals surface area contributed by atoms with Crippen LogP contribution in [0.4, 0.5) is 22.0 Å².